The van der Waals surface area contributed by atoms with Gasteiger partial charge in [-0.3, -0.25) is 4.79 Å². The van der Waals surface area contributed by atoms with Crippen molar-refractivity contribution in [2.24, 2.45) is 11.1 Å². The summed E-state index contributed by atoms with van der Waals surface area (Å²) < 4.78 is 0. The minimum Gasteiger partial charge on any atom is -0.481 e. The molecule has 0 spiro atoms. The van der Waals surface area contributed by atoms with Crippen molar-refractivity contribution in [1.82, 2.24) is 0 Å². The maximum absolute atomic E-state index is 11.2. The minimum atomic E-state index is -1.19. The molecule has 122 valence electrons. The highest BCUT2D eigenvalue weighted by Gasteiger charge is 2.34. The first kappa shape index (κ1) is 17.2. The maximum Gasteiger partial charge on any atom is 0.311 e. The third kappa shape index (κ3) is 4.41. The smallest absolute Gasteiger partial charge is 0.311 e. The molecule has 0 fully saturated rings. The Kier molecular flexibility index (Phi) is 5.53. The van der Waals surface area contributed by atoms with Crippen LogP contribution in [0.1, 0.15) is 18.9 Å². The zero-order valence-corrected chi connectivity index (χ0v) is 13.3. The zero-order chi connectivity index (χ0) is 16.9. The highest BCUT2D eigenvalue weighted by Crippen LogP contribution is 2.24. The van der Waals surface area contributed by atoms with Gasteiger partial charge in [0.1, 0.15) is 0 Å². The summed E-state index contributed by atoms with van der Waals surface area (Å²) in [5.74, 6) is -1.02. The number of rotatable bonds is 7. The molecule has 4 nitrogen and oxygen atoms in total. The van der Waals surface area contributed by atoms with Crippen LogP contribution in [0.5, 0.6) is 0 Å². The second-order valence-corrected chi connectivity index (χ2v) is 6.26. The van der Waals surface area contributed by atoms with E-state index < -0.39 is 18.0 Å². The van der Waals surface area contributed by atoms with Gasteiger partial charge in [-0.15, -0.1) is 0 Å². The van der Waals surface area contributed by atoms with Crippen LogP contribution in [0.15, 0.2) is 54.6 Å². The van der Waals surface area contributed by atoms with E-state index in [4.69, 9.17) is 5.73 Å². The molecule has 0 saturated heterocycles. The number of hydrogen-bond acceptors (Lipinski definition) is 3. The van der Waals surface area contributed by atoms with Crippen LogP contribution < -0.4 is 5.73 Å². The molecule has 0 bridgehead atoms. The number of aliphatic hydroxyl groups excluding tert-OH is 1. The highest BCUT2D eigenvalue weighted by atomic mass is 16.4. The molecule has 0 aliphatic rings. The molecule has 2 unspecified atom stereocenters. The fourth-order valence-electron chi connectivity index (χ4n) is 2.64. The van der Waals surface area contributed by atoms with Crippen LogP contribution in [0, 0.1) is 5.41 Å². The van der Waals surface area contributed by atoms with Gasteiger partial charge in [0.2, 0.25) is 0 Å². The van der Waals surface area contributed by atoms with Crippen molar-refractivity contribution in [3.8, 4) is 11.1 Å². The van der Waals surface area contributed by atoms with Crippen LogP contribution in [0.2, 0.25) is 0 Å². The molecule has 2 aromatic rings. The van der Waals surface area contributed by atoms with Gasteiger partial charge in [-0.05, 0) is 36.5 Å². The summed E-state index contributed by atoms with van der Waals surface area (Å²) in [4.78, 5) is 11.2. The third-order valence-corrected chi connectivity index (χ3v) is 4.14. The molecule has 0 aliphatic heterocycles. The summed E-state index contributed by atoms with van der Waals surface area (Å²) in [6.07, 6.45) is 0.817. The maximum atomic E-state index is 11.2. The largest absolute Gasteiger partial charge is 0.481 e. The van der Waals surface area contributed by atoms with E-state index in [0.717, 1.165) is 16.7 Å². The van der Waals surface area contributed by atoms with Crippen LogP contribution in [0.3, 0.4) is 0 Å². The number of nitrogens with two attached hydrogens (primary N) is 1. The lowest BCUT2D eigenvalue weighted by Gasteiger charge is -2.25. The van der Waals surface area contributed by atoms with Crippen molar-refractivity contribution in [3.63, 3.8) is 0 Å². The number of hydrogen-bond donors (Lipinski definition) is 3. The van der Waals surface area contributed by atoms with Gasteiger partial charge >= 0.3 is 5.97 Å². The van der Waals surface area contributed by atoms with E-state index in [0.29, 0.717) is 6.42 Å². The lowest BCUT2D eigenvalue weighted by molar-refractivity contribution is -0.151. The molecule has 4 heteroatoms. The first-order chi connectivity index (χ1) is 10.9. The number of aliphatic carboxylic acids is 1. The molecular weight excluding hydrogens is 290 g/mol. The summed E-state index contributed by atoms with van der Waals surface area (Å²) in [5, 5.41) is 18.5. The van der Waals surface area contributed by atoms with Gasteiger partial charge < -0.3 is 15.9 Å². The Hall–Kier alpha value is -2.17. The quantitative estimate of drug-likeness (QED) is 0.734. The minimum absolute atomic E-state index is 0.235. The summed E-state index contributed by atoms with van der Waals surface area (Å²) in [5.41, 5.74) is 8.23. The zero-order valence-electron chi connectivity index (χ0n) is 13.3. The van der Waals surface area contributed by atoms with Crippen LogP contribution in [0.4, 0.5) is 0 Å². The number of carboxylic acids is 1. The van der Waals surface area contributed by atoms with Crippen molar-refractivity contribution in [2.75, 3.05) is 6.61 Å². The van der Waals surface area contributed by atoms with E-state index in [2.05, 4.69) is 12.1 Å². The lowest BCUT2D eigenvalue weighted by Crippen LogP contribution is -2.39. The van der Waals surface area contributed by atoms with E-state index >= 15 is 0 Å². The Morgan fingerprint density at radius 2 is 1.65 bits per heavy atom. The molecule has 2 aromatic carbocycles. The van der Waals surface area contributed by atoms with Crippen molar-refractivity contribution in [1.29, 1.82) is 0 Å². The van der Waals surface area contributed by atoms with Crippen LogP contribution in [0.25, 0.3) is 11.1 Å². The topological polar surface area (TPSA) is 83.5 Å². The fraction of sp³-hybridized carbons (Fsp3) is 0.316. The average Bonchev–Trinajstić information content (AvgIpc) is 2.56. The second-order valence-electron chi connectivity index (χ2n) is 6.26. The predicted octanol–water partition coefficient (Wildman–Crippen LogP) is 2.70. The molecule has 2 atom stereocenters. The van der Waals surface area contributed by atoms with Gasteiger partial charge in [0, 0.05) is 6.04 Å². The second kappa shape index (κ2) is 7.40. The molecule has 0 amide bonds. The fourth-order valence-corrected chi connectivity index (χ4v) is 2.64. The van der Waals surface area contributed by atoms with Crippen molar-refractivity contribution < 1.29 is 15.0 Å². The van der Waals surface area contributed by atoms with Gasteiger partial charge in [-0.2, -0.15) is 0 Å². The highest BCUT2D eigenvalue weighted by molar-refractivity contribution is 5.74. The van der Waals surface area contributed by atoms with Crippen LogP contribution in [-0.2, 0) is 11.2 Å². The monoisotopic (exact) mass is 313 g/mol. The van der Waals surface area contributed by atoms with Crippen LogP contribution in [-0.4, -0.2) is 28.8 Å². The first-order valence-corrected chi connectivity index (χ1v) is 7.69. The first-order valence-electron chi connectivity index (χ1n) is 7.69. The number of carbonyl (C=O) groups is 1. The molecule has 0 aromatic heterocycles. The summed E-state index contributed by atoms with van der Waals surface area (Å²) in [6.45, 7) is 1.11. The normalized spacial score (nSPS) is 14.9. The van der Waals surface area contributed by atoms with Gasteiger partial charge in [-0.25, -0.2) is 0 Å². The number of aliphatic hydroxyl groups is 1. The Labute approximate surface area is 136 Å². The molecular formula is C19H23NO3. The molecule has 0 radical (unpaired) electrons. The van der Waals surface area contributed by atoms with E-state index in [9.17, 15) is 15.0 Å². The Balaban J connectivity index is 2.02. The van der Waals surface area contributed by atoms with Gasteiger partial charge in [0.25, 0.3) is 0 Å². The van der Waals surface area contributed by atoms with Crippen molar-refractivity contribution >= 4 is 5.97 Å². The van der Waals surface area contributed by atoms with Crippen molar-refractivity contribution in [2.45, 2.75) is 25.8 Å². The summed E-state index contributed by atoms with van der Waals surface area (Å²) in [7, 11) is 0. The predicted molar refractivity (Wildman–Crippen MR) is 91.0 cm³/mol. The third-order valence-electron chi connectivity index (χ3n) is 4.14. The Morgan fingerprint density at radius 1 is 1.09 bits per heavy atom. The Morgan fingerprint density at radius 3 is 2.17 bits per heavy atom. The molecule has 23 heavy (non-hydrogen) atoms. The lowest BCUT2D eigenvalue weighted by atomic mass is 9.83. The molecule has 0 heterocycles. The number of carboxylic acid groups (broad SMARTS) is 1. The van der Waals surface area contributed by atoms with E-state index in [1.807, 2.05) is 42.5 Å². The Bertz CT molecular complexity index is 639. The molecule has 0 aliphatic carbocycles. The van der Waals surface area contributed by atoms with Gasteiger partial charge in [-0.1, -0.05) is 54.6 Å². The van der Waals surface area contributed by atoms with E-state index in [-0.39, 0.29) is 12.5 Å². The van der Waals surface area contributed by atoms with Crippen LogP contribution >= 0.6 is 0 Å². The van der Waals surface area contributed by atoms with E-state index in [1.165, 1.54) is 6.92 Å². The molecule has 4 N–H and O–H groups in total. The molecule has 0 saturated carbocycles. The molecule has 2 rings (SSSR count). The van der Waals surface area contributed by atoms with Crippen molar-refractivity contribution in [3.05, 3.63) is 60.2 Å². The summed E-state index contributed by atoms with van der Waals surface area (Å²) >= 11 is 0. The SMILES string of the molecule is CC(CO)(CC(N)Cc1ccc(-c2ccccc2)cc1)C(=O)O. The van der Waals surface area contributed by atoms with Gasteiger partial charge in [0.15, 0.2) is 0 Å². The average molecular weight is 313 g/mol. The van der Waals surface area contributed by atoms with Gasteiger partial charge in [0.05, 0.1) is 12.0 Å². The standard InChI is InChI=1S/C19H23NO3/c1-19(13-21,18(22)23)12-17(20)11-14-7-9-16(10-8-14)15-5-3-2-4-6-15/h2-10,17,21H,11-13,20H2,1H3,(H,22,23). The summed E-state index contributed by atoms with van der Waals surface area (Å²) in [6, 6.07) is 17.9. The number of benzene rings is 2. The van der Waals surface area contributed by atoms with E-state index in [1.54, 1.807) is 0 Å².